The van der Waals surface area contributed by atoms with Crippen molar-refractivity contribution in [3.63, 3.8) is 0 Å². The van der Waals surface area contributed by atoms with Crippen molar-refractivity contribution in [1.82, 2.24) is 4.90 Å². The summed E-state index contributed by atoms with van der Waals surface area (Å²) in [6.45, 7) is 1.37. The molecule has 1 aliphatic rings. The Morgan fingerprint density at radius 3 is 2.56 bits per heavy atom. The molecule has 1 unspecified atom stereocenters. The quantitative estimate of drug-likeness (QED) is 0.694. The molecule has 0 N–H and O–H groups in total. The summed E-state index contributed by atoms with van der Waals surface area (Å²) in [5.41, 5.74) is 0. The van der Waals surface area contributed by atoms with Crippen molar-refractivity contribution in [3.05, 3.63) is 0 Å². The molecule has 1 atom stereocenters. The first kappa shape index (κ1) is 13.6. The Bertz CT molecular complexity index is 337. The molecule has 0 radical (unpaired) electrons. The van der Waals surface area contributed by atoms with Gasteiger partial charge in [0.2, 0.25) is 0 Å². The third-order valence-electron chi connectivity index (χ3n) is 3.13. The Morgan fingerprint density at radius 2 is 2.06 bits per heavy atom. The van der Waals surface area contributed by atoms with E-state index < -0.39 is 9.84 Å². The summed E-state index contributed by atoms with van der Waals surface area (Å²) in [5.74, 6) is 0.805. The number of rotatable bonds is 6. The largest absolute Gasteiger partial charge is 0.305 e. The summed E-state index contributed by atoms with van der Waals surface area (Å²) in [7, 11) is -0.969. The van der Waals surface area contributed by atoms with Gasteiger partial charge in [-0.1, -0.05) is 0 Å². The SMILES string of the molecule is CN(CCC1CCCC1=O)CCS(C)(=O)=O. The van der Waals surface area contributed by atoms with Gasteiger partial charge in [0.15, 0.2) is 0 Å². The van der Waals surface area contributed by atoms with E-state index in [0.29, 0.717) is 12.3 Å². The smallest absolute Gasteiger partial charge is 0.148 e. The van der Waals surface area contributed by atoms with E-state index in [1.165, 1.54) is 6.26 Å². The maximum absolute atomic E-state index is 11.4. The lowest BCUT2D eigenvalue weighted by Gasteiger charge is -2.17. The van der Waals surface area contributed by atoms with Gasteiger partial charge in [-0.05, 0) is 32.9 Å². The molecule has 0 aromatic rings. The molecule has 94 valence electrons. The van der Waals surface area contributed by atoms with Crippen molar-refractivity contribution in [2.45, 2.75) is 25.7 Å². The van der Waals surface area contributed by atoms with Crippen LogP contribution < -0.4 is 0 Å². The van der Waals surface area contributed by atoms with E-state index in [2.05, 4.69) is 0 Å². The van der Waals surface area contributed by atoms with Crippen LogP contribution in [0.5, 0.6) is 0 Å². The molecule has 0 aliphatic heterocycles. The fraction of sp³-hybridized carbons (Fsp3) is 0.909. The lowest BCUT2D eigenvalue weighted by Crippen LogP contribution is -2.28. The van der Waals surface area contributed by atoms with Crippen LogP contribution in [0.15, 0.2) is 0 Å². The van der Waals surface area contributed by atoms with Crippen molar-refractivity contribution < 1.29 is 13.2 Å². The lowest BCUT2D eigenvalue weighted by molar-refractivity contribution is -0.120. The zero-order valence-electron chi connectivity index (χ0n) is 10.1. The van der Waals surface area contributed by atoms with Crippen molar-refractivity contribution in [3.8, 4) is 0 Å². The van der Waals surface area contributed by atoms with Crippen LogP contribution in [0.3, 0.4) is 0 Å². The molecule has 1 rings (SSSR count). The summed E-state index contributed by atoms with van der Waals surface area (Å²) in [6, 6.07) is 0. The highest BCUT2D eigenvalue weighted by Crippen LogP contribution is 2.24. The van der Waals surface area contributed by atoms with Gasteiger partial charge in [-0.15, -0.1) is 0 Å². The summed E-state index contributed by atoms with van der Waals surface area (Å²) in [6.07, 6.45) is 4.90. The Labute approximate surface area is 97.9 Å². The van der Waals surface area contributed by atoms with Gasteiger partial charge in [0.05, 0.1) is 5.75 Å². The van der Waals surface area contributed by atoms with Crippen LogP contribution in [-0.4, -0.2) is 51.2 Å². The van der Waals surface area contributed by atoms with E-state index in [4.69, 9.17) is 0 Å². The van der Waals surface area contributed by atoms with Crippen molar-refractivity contribution in [2.75, 3.05) is 32.1 Å². The van der Waals surface area contributed by atoms with Crippen molar-refractivity contribution in [1.29, 1.82) is 0 Å². The molecule has 0 spiro atoms. The van der Waals surface area contributed by atoms with Crippen LogP contribution in [0.1, 0.15) is 25.7 Å². The number of sulfone groups is 1. The molecular formula is C11H21NO3S. The monoisotopic (exact) mass is 247 g/mol. The van der Waals surface area contributed by atoms with E-state index in [-0.39, 0.29) is 11.7 Å². The number of hydrogen-bond donors (Lipinski definition) is 0. The third-order valence-corrected chi connectivity index (χ3v) is 4.06. The standard InChI is InChI=1S/C11H21NO3S/c1-12(8-9-16(2,14)15)7-6-10-4-3-5-11(10)13/h10H,3-9H2,1-2H3. The summed E-state index contributed by atoms with van der Waals surface area (Å²) < 4.78 is 21.9. The molecule has 1 saturated carbocycles. The molecule has 1 aliphatic carbocycles. The number of carbonyl (C=O) groups is 1. The minimum Gasteiger partial charge on any atom is -0.305 e. The average molecular weight is 247 g/mol. The fourth-order valence-electron chi connectivity index (χ4n) is 2.00. The van der Waals surface area contributed by atoms with Gasteiger partial charge in [0.25, 0.3) is 0 Å². The zero-order chi connectivity index (χ0) is 12.2. The first-order chi connectivity index (χ1) is 7.38. The molecule has 0 bridgehead atoms. The molecule has 0 heterocycles. The van der Waals surface area contributed by atoms with Gasteiger partial charge in [0, 0.05) is 25.1 Å². The highest BCUT2D eigenvalue weighted by molar-refractivity contribution is 7.90. The highest BCUT2D eigenvalue weighted by atomic mass is 32.2. The van der Waals surface area contributed by atoms with E-state index >= 15 is 0 Å². The van der Waals surface area contributed by atoms with E-state index in [1.54, 1.807) is 0 Å². The Hall–Kier alpha value is -0.420. The Balaban J connectivity index is 2.19. The van der Waals surface area contributed by atoms with E-state index in [9.17, 15) is 13.2 Å². The first-order valence-corrected chi connectivity index (χ1v) is 7.83. The second-order valence-electron chi connectivity index (χ2n) is 4.78. The average Bonchev–Trinajstić information content (AvgIpc) is 2.57. The molecule has 1 fully saturated rings. The number of hydrogen-bond acceptors (Lipinski definition) is 4. The van der Waals surface area contributed by atoms with E-state index in [1.807, 2.05) is 11.9 Å². The third kappa shape index (κ3) is 5.07. The molecule has 0 aromatic heterocycles. The van der Waals surface area contributed by atoms with Crippen LogP contribution in [0.2, 0.25) is 0 Å². The normalized spacial score (nSPS) is 21.9. The maximum Gasteiger partial charge on any atom is 0.148 e. The summed E-state index contributed by atoms with van der Waals surface area (Å²) in [4.78, 5) is 13.4. The summed E-state index contributed by atoms with van der Waals surface area (Å²) in [5, 5.41) is 0. The van der Waals surface area contributed by atoms with Crippen LogP contribution >= 0.6 is 0 Å². The van der Waals surface area contributed by atoms with Gasteiger partial charge < -0.3 is 4.90 Å². The summed E-state index contributed by atoms with van der Waals surface area (Å²) >= 11 is 0. The molecule has 0 aromatic carbocycles. The number of carbonyl (C=O) groups excluding carboxylic acids is 1. The highest BCUT2D eigenvalue weighted by Gasteiger charge is 2.24. The van der Waals surface area contributed by atoms with Gasteiger partial charge in [-0.2, -0.15) is 0 Å². The minimum absolute atomic E-state index is 0.197. The van der Waals surface area contributed by atoms with Gasteiger partial charge in [0.1, 0.15) is 15.6 Å². The maximum atomic E-state index is 11.4. The minimum atomic E-state index is -2.88. The van der Waals surface area contributed by atoms with E-state index in [0.717, 1.165) is 32.2 Å². The van der Waals surface area contributed by atoms with Crippen LogP contribution in [-0.2, 0) is 14.6 Å². The van der Waals surface area contributed by atoms with Crippen LogP contribution in [0.4, 0.5) is 0 Å². The topological polar surface area (TPSA) is 54.5 Å². The molecular weight excluding hydrogens is 226 g/mol. The van der Waals surface area contributed by atoms with Gasteiger partial charge in [-0.3, -0.25) is 4.79 Å². The second-order valence-corrected chi connectivity index (χ2v) is 7.04. The number of Topliss-reactive ketones (excluding diaryl/α,β-unsaturated/α-hetero) is 1. The van der Waals surface area contributed by atoms with Crippen molar-refractivity contribution >= 4 is 15.6 Å². The second kappa shape index (κ2) is 5.77. The number of ketones is 1. The molecule has 0 amide bonds. The van der Waals surface area contributed by atoms with Gasteiger partial charge in [-0.25, -0.2) is 8.42 Å². The molecule has 4 nitrogen and oxygen atoms in total. The Kier molecular flexibility index (Phi) is 4.92. The predicted molar refractivity (Wildman–Crippen MR) is 64.2 cm³/mol. The van der Waals surface area contributed by atoms with Gasteiger partial charge >= 0.3 is 0 Å². The first-order valence-electron chi connectivity index (χ1n) is 5.77. The molecule has 16 heavy (non-hydrogen) atoms. The lowest BCUT2D eigenvalue weighted by atomic mass is 10.0. The fourth-order valence-corrected chi connectivity index (χ4v) is 2.65. The zero-order valence-corrected chi connectivity index (χ0v) is 10.9. The molecule has 0 saturated heterocycles. The van der Waals surface area contributed by atoms with Crippen LogP contribution in [0, 0.1) is 5.92 Å². The molecule has 5 heteroatoms. The Morgan fingerprint density at radius 1 is 1.38 bits per heavy atom. The number of nitrogens with zero attached hydrogens (tertiary/aromatic N) is 1. The van der Waals surface area contributed by atoms with Crippen molar-refractivity contribution in [2.24, 2.45) is 5.92 Å². The predicted octanol–water partition coefficient (Wildman–Crippen LogP) is 0.722. The van der Waals surface area contributed by atoms with Crippen LogP contribution in [0.25, 0.3) is 0 Å².